The fraction of sp³-hybridized carbons (Fsp3) is 0.364. The van der Waals surface area contributed by atoms with E-state index in [1.54, 1.807) is 0 Å². The van der Waals surface area contributed by atoms with Crippen LogP contribution < -0.4 is 5.32 Å². The molecule has 1 amide bonds. The van der Waals surface area contributed by atoms with E-state index in [9.17, 15) is 9.59 Å². The van der Waals surface area contributed by atoms with Crippen LogP contribution in [0, 0.1) is 5.92 Å². The monoisotopic (exact) mass is 350 g/mol. The molecular formula is C22H26N2O2. The van der Waals surface area contributed by atoms with Crippen LogP contribution in [0.5, 0.6) is 0 Å². The lowest BCUT2D eigenvalue weighted by molar-refractivity contribution is -0.126. The van der Waals surface area contributed by atoms with Crippen LogP contribution in [0.4, 0.5) is 0 Å². The lowest BCUT2D eigenvalue weighted by Crippen LogP contribution is -2.48. The van der Waals surface area contributed by atoms with E-state index < -0.39 is 0 Å². The summed E-state index contributed by atoms with van der Waals surface area (Å²) in [6, 6.07) is 19.2. The fourth-order valence-electron chi connectivity index (χ4n) is 3.49. The zero-order valence-electron chi connectivity index (χ0n) is 15.2. The molecule has 26 heavy (non-hydrogen) atoms. The van der Waals surface area contributed by atoms with Crippen molar-refractivity contribution in [3.05, 3.63) is 71.8 Å². The number of nitrogens with zero attached hydrogens (tertiary/aromatic N) is 1. The van der Waals surface area contributed by atoms with Crippen LogP contribution in [0.15, 0.2) is 60.7 Å². The van der Waals surface area contributed by atoms with Crippen molar-refractivity contribution in [1.82, 2.24) is 10.2 Å². The number of benzene rings is 2. The van der Waals surface area contributed by atoms with Crippen molar-refractivity contribution < 1.29 is 9.59 Å². The number of likely N-dealkylation sites (tertiary alicyclic amines) is 1. The first kappa shape index (κ1) is 18.3. The normalized spacial score (nSPS) is 16.8. The molecule has 1 atom stereocenters. The van der Waals surface area contributed by atoms with Crippen LogP contribution in [0.2, 0.25) is 0 Å². The molecule has 1 unspecified atom stereocenters. The summed E-state index contributed by atoms with van der Waals surface area (Å²) in [5, 5.41) is 3.01. The molecule has 2 aromatic rings. The minimum atomic E-state index is -0.175. The van der Waals surface area contributed by atoms with Gasteiger partial charge in [-0.25, -0.2) is 0 Å². The number of hydrogen-bond acceptors (Lipinski definition) is 3. The van der Waals surface area contributed by atoms with Crippen LogP contribution in [0.3, 0.4) is 0 Å². The fourth-order valence-corrected chi connectivity index (χ4v) is 3.49. The zero-order chi connectivity index (χ0) is 18.4. The minimum Gasteiger partial charge on any atom is -0.351 e. The van der Waals surface area contributed by atoms with Crippen molar-refractivity contribution in [3.8, 4) is 0 Å². The molecule has 1 saturated heterocycles. The number of Topliss-reactive ketones (excluding diaryl/α,β-unsaturated/α-hetero) is 1. The maximum Gasteiger partial charge on any atom is 0.237 e. The molecule has 0 bridgehead atoms. The Morgan fingerprint density at radius 1 is 1.00 bits per heavy atom. The van der Waals surface area contributed by atoms with Gasteiger partial charge in [-0.2, -0.15) is 0 Å². The second-order valence-corrected chi connectivity index (χ2v) is 6.92. The third kappa shape index (κ3) is 4.58. The van der Waals surface area contributed by atoms with Crippen LogP contribution in [0.1, 0.15) is 35.7 Å². The Kier molecular flexibility index (Phi) is 6.18. The van der Waals surface area contributed by atoms with Crippen molar-refractivity contribution in [2.45, 2.75) is 32.4 Å². The summed E-state index contributed by atoms with van der Waals surface area (Å²) >= 11 is 0. The predicted octanol–water partition coefficient (Wildman–Crippen LogP) is 3.29. The molecule has 1 aliphatic heterocycles. The Hall–Kier alpha value is -2.46. The smallest absolute Gasteiger partial charge is 0.237 e. The quantitative estimate of drug-likeness (QED) is 0.814. The highest BCUT2D eigenvalue weighted by molar-refractivity contribution is 5.97. The number of rotatable bonds is 6. The molecule has 0 aromatic heterocycles. The summed E-state index contributed by atoms with van der Waals surface area (Å²) in [6.45, 7) is 4.05. The number of piperidine rings is 1. The highest BCUT2D eigenvalue weighted by atomic mass is 16.2. The van der Waals surface area contributed by atoms with Gasteiger partial charge in [-0.1, -0.05) is 60.7 Å². The van der Waals surface area contributed by atoms with Gasteiger partial charge in [-0.05, 0) is 38.4 Å². The van der Waals surface area contributed by atoms with Crippen LogP contribution >= 0.6 is 0 Å². The van der Waals surface area contributed by atoms with E-state index in [0.717, 1.165) is 37.1 Å². The van der Waals surface area contributed by atoms with Gasteiger partial charge in [0, 0.05) is 18.0 Å². The van der Waals surface area contributed by atoms with Gasteiger partial charge in [-0.15, -0.1) is 0 Å². The first-order chi connectivity index (χ1) is 12.6. The van der Waals surface area contributed by atoms with Gasteiger partial charge in [0.2, 0.25) is 5.91 Å². The van der Waals surface area contributed by atoms with E-state index in [4.69, 9.17) is 0 Å². The summed E-state index contributed by atoms with van der Waals surface area (Å²) in [5.41, 5.74) is 1.89. The van der Waals surface area contributed by atoms with Gasteiger partial charge in [0.25, 0.3) is 0 Å². The molecule has 0 radical (unpaired) electrons. The number of ketones is 1. The molecule has 1 N–H and O–H groups in total. The third-order valence-corrected chi connectivity index (χ3v) is 5.20. The molecule has 4 nitrogen and oxygen atoms in total. The minimum absolute atomic E-state index is 0.0432. The molecule has 0 spiro atoms. The largest absolute Gasteiger partial charge is 0.351 e. The average molecular weight is 350 g/mol. The number of nitrogens with one attached hydrogen (secondary N) is 1. The first-order valence-corrected chi connectivity index (χ1v) is 9.30. The highest BCUT2D eigenvalue weighted by Gasteiger charge is 2.29. The Morgan fingerprint density at radius 2 is 1.58 bits per heavy atom. The standard InChI is InChI=1S/C22H26N2O2/c1-17(22(26)23-16-18-8-4-2-5-9-18)24-14-12-20(13-15-24)21(25)19-10-6-3-7-11-19/h2-11,17,20H,12-16H2,1H3,(H,23,26). The van der Waals surface area contributed by atoms with Crippen LogP contribution in [-0.4, -0.2) is 35.7 Å². The highest BCUT2D eigenvalue weighted by Crippen LogP contribution is 2.23. The summed E-state index contributed by atoms with van der Waals surface area (Å²) in [4.78, 5) is 27.2. The van der Waals surface area contributed by atoms with Gasteiger partial charge < -0.3 is 5.32 Å². The van der Waals surface area contributed by atoms with Crippen molar-refractivity contribution in [3.63, 3.8) is 0 Å². The SMILES string of the molecule is CC(C(=O)NCc1ccccc1)N1CCC(C(=O)c2ccccc2)CC1. The van der Waals surface area contributed by atoms with Gasteiger partial charge in [0.05, 0.1) is 6.04 Å². The number of hydrogen-bond donors (Lipinski definition) is 1. The van der Waals surface area contributed by atoms with Crippen molar-refractivity contribution in [2.24, 2.45) is 5.92 Å². The Bertz CT molecular complexity index is 722. The second-order valence-electron chi connectivity index (χ2n) is 6.92. The number of amides is 1. The third-order valence-electron chi connectivity index (χ3n) is 5.20. The molecular weight excluding hydrogens is 324 g/mol. The Labute approximate surface area is 155 Å². The van der Waals surface area contributed by atoms with E-state index >= 15 is 0 Å². The molecule has 1 fully saturated rings. The Balaban J connectivity index is 1.48. The molecule has 1 heterocycles. The lowest BCUT2D eigenvalue weighted by atomic mass is 9.88. The van der Waals surface area contributed by atoms with Crippen molar-refractivity contribution >= 4 is 11.7 Å². The van der Waals surface area contributed by atoms with E-state index in [-0.39, 0.29) is 23.7 Å². The Morgan fingerprint density at radius 3 is 2.19 bits per heavy atom. The van der Waals surface area contributed by atoms with Gasteiger partial charge in [0.1, 0.15) is 0 Å². The van der Waals surface area contributed by atoms with E-state index in [2.05, 4.69) is 10.2 Å². The number of carbonyl (C=O) groups is 2. The van der Waals surface area contributed by atoms with E-state index in [1.807, 2.05) is 67.6 Å². The first-order valence-electron chi connectivity index (χ1n) is 9.30. The molecule has 0 saturated carbocycles. The molecule has 2 aromatic carbocycles. The zero-order valence-corrected chi connectivity index (χ0v) is 15.2. The summed E-state index contributed by atoms with van der Waals surface area (Å²) < 4.78 is 0. The molecule has 136 valence electrons. The van der Waals surface area contributed by atoms with Crippen LogP contribution in [-0.2, 0) is 11.3 Å². The van der Waals surface area contributed by atoms with E-state index in [0.29, 0.717) is 6.54 Å². The maximum atomic E-state index is 12.6. The molecule has 1 aliphatic rings. The molecule has 4 heteroatoms. The topological polar surface area (TPSA) is 49.4 Å². The summed E-state index contributed by atoms with van der Waals surface area (Å²) in [7, 11) is 0. The average Bonchev–Trinajstić information content (AvgIpc) is 2.72. The summed E-state index contributed by atoms with van der Waals surface area (Å²) in [6.07, 6.45) is 1.62. The van der Waals surface area contributed by atoms with Crippen molar-refractivity contribution in [1.29, 1.82) is 0 Å². The van der Waals surface area contributed by atoms with Crippen LogP contribution in [0.25, 0.3) is 0 Å². The molecule has 3 rings (SSSR count). The van der Waals surface area contributed by atoms with Gasteiger partial charge in [0.15, 0.2) is 5.78 Å². The molecule has 0 aliphatic carbocycles. The maximum absolute atomic E-state index is 12.6. The lowest BCUT2D eigenvalue weighted by Gasteiger charge is -2.34. The van der Waals surface area contributed by atoms with Gasteiger partial charge >= 0.3 is 0 Å². The number of carbonyl (C=O) groups excluding carboxylic acids is 2. The van der Waals surface area contributed by atoms with Crippen molar-refractivity contribution in [2.75, 3.05) is 13.1 Å². The second kappa shape index (κ2) is 8.77. The summed E-state index contributed by atoms with van der Waals surface area (Å²) in [5.74, 6) is 0.335. The van der Waals surface area contributed by atoms with Gasteiger partial charge in [-0.3, -0.25) is 14.5 Å². The van der Waals surface area contributed by atoms with E-state index in [1.165, 1.54) is 0 Å². The predicted molar refractivity (Wildman–Crippen MR) is 103 cm³/mol.